The highest BCUT2D eigenvalue weighted by molar-refractivity contribution is 9.10. The van der Waals surface area contributed by atoms with Crippen LogP contribution in [0.5, 0.6) is 0 Å². The highest BCUT2D eigenvalue weighted by Crippen LogP contribution is 2.25. The maximum Gasteiger partial charge on any atom is 0.282 e. The first kappa shape index (κ1) is 16.1. The van der Waals surface area contributed by atoms with E-state index in [2.05, 4.69) is 20.3 Å². The zero-order chi connectivity index (χ0) is 16.6. The van der Waals surface area contributed by atoms with Crippen molar-refractivity contribution in [1.29, 1.82) is 0 Å². The molecule has 7 heteroatoms. The molecular weight excluding hydrogens is 402 g/mol. The van der Waals surface area contributed by atoms with E-state index in [0.717, 1.165) is 4.47 Å². The van der Waals surface area contributed by atoms with E-state index in [1.165, 1.54) is 18.2 Å². The number of Topliss-reactive ketones (excluding diaryl/α,β-unsaturated/α-hetero) is 1. The van der Waals surface area contributed by atoms with Gasteiger partial charge in [-0.2, -0.15) is 12.8 Å². The van der Waals surface area contributed by atoms with E-state index < -0.39 is 10.0 Å². The van der Waals surface area contributed by atoms with Crippen molar-refractivity contribution in [1.82, 2.24) is 0 Å². The van der Waals surface area contributed by atoms with Gasteiger partial charge in [-0.1, -0.05) is 51.8 Å². The van der Waals surface area contributed by atoms with Crippen molar-refractivity contribution >= 4 is 49.0 Å². The van der Waals surface area contributed by atoms with Crippen LogP contribution in [0.25, 0.3) is 0 Å². The quantitative estimate of drug-likeness (QED) is 0.753. The highest BCUT2D eigenvalue weighted by Gasteiger charge is 2.24. The van der Waals surface area contributed by atoms with Crippen LogP contribution in [0.15, 0.2) is 73.4 Å². The molecule has 0 fully saturated rings. The molecule has 1 aliphatic carbocycles. The molecule has 0 radical (unpaired) electrons. The molecule has 0 spiro atoms. The lowest BCUT2D eigenvalue weighted by Crippen LogP contribution is -2.16. The topological polar surface area (TPSA) is 63.6 Å². The molecule has 116 valence electrons. The summed E-state index contributed by atoms with van der Waals surface area (Å²) in [5, 5.41) is -0.0616. The van der Waals surface area contributed by atoms with Crippen molar-refractivity contribution in [3.05, 3.63) is 75.2 Å². The lowest BCUT2D eigenvalue weighted by Gasteiger charge is -2.14. The molecule has 0 N–H and O–H groups in total. The number of halogens is 2. The number of benzene rings is 2. The summed E-state index contributed by atoms with van der Waals surface area (Å²) >= 11 is 9.17. The average Bonchev–Trinajstić information content (AvgIpc) is 2.52. The molecule has 1 aliphatic rings. The number of hydrogen-bond donors (Lipinski definition) is 0. The number of nitrogens with zero attached hydrogens (tertiary/aromatic N) is 1. The van der Waals surface area contributed by atoms with Crippen LogP contribution in [-0.2, 0) is 10.0 Å². The van der Waals surface area contributed by atoms with Crippen molar-refractivity contribution in [2.45, 2.75) is 4.90 Å². The molecule has 2 aromatic rings. The predicted octanol–water partition coefficient (Wildman–Crippen LogP) is 3.95. The SMILES string of the molecule is O=C1C(Cl)=CC(=NS(=O)(=O)c2ccc(Br)cc2)c2ccccc21. The van der Waals surface area contributed by atoms with Gasteiger partial charge in [0.05, 0.1) is 15.6 Å². The summed E-state index contributed by atoms with van der Waals surface area (Å²) in [6.45, 7) is 0. The van der Waals surface area contributed by atoms with Gasteiger partial charge in [0.25, 0.3) is 10.0 Å². The number of allylic oxidation sites excluding steroid dienone is 2. The first-order valence-corrected chi connectivity index (χ1v) is 9.11. The molecule has 0 saturated heterocycles. The van der Waals surface area contributed by atoms with Gasteiger partial charge in [-0.3, -0.25) is 4.79 Å². The molecule has 3 rings (SSSR count). The molecule has 0 heterocycles. The van der Waals surface area contributed by atoms with E-state index in [9.17, 15) is 13.2 Å². The number of sulfonamides is 1. The Morgan fingerprint density at radius 1 is 0.957 bits per heavy atom. The summed E-state index contributed by atoms with van der Waals surface area (Å²) in [5.74, 6) is -0.345. The van der Waals surface area contributed by atoms with Gasteiger partial charge in [0, 0.05) is 15.6 Å². The molecule has 0 unspecified atom stereocenters. The van der Waals surface area contributed by atoms with Crippen molar-refractivity contribution in [3.8, 4) is 0 Å². The standard InChI is InChI=1S/C16H9BrClNO3S/c17-10-5-7-11(8-6-10)23(21,22)19-15-9-14(18)16(20)13-4-2-1-3-12(13)15/h1-9H. The average molecular weight is 411 g/mol. The first-order chi connectivity index (χ1) is 10.9. The predicted molar refractivity (Wildman–Crippen MR) is 92.6 cm³/mol. The monoisotopic (exact) mass is 409 g/mol. The Kier molecular flexibility index (Phi) is 4.23. The van der Waals surface area contributed by atoms with E-state index in [-0.39, 0.29) is 21.4 Å². The van der Waals surface area contributed by atoms with Crippen LogP contribution >= 0.6 is 27.5 Å². The zero-order valence-electron chi connectivity index (χ0n) is 11.5. The van der Waals surface area contributed by atoms with Crippen LogP contribution in [0.4, 0.5) is 0 Å². The highest BCUT2D eigenvalue weighted by atomic mass is 79.9. The summed E-state index contributed by atoms with van der Waals surface area (Å²) < 4.78 is 29.5. The van der Waals surface area contributed by atoms with Gasteiger partial charge in [0.2, 0.25) is 5.78 Å². The minimum Gasteiger partial charge on any atom is -0.288 e. The summed E-state index contributed by atoms with van der Waals surface area (Å²) in [6, 6.07) is 12.8. The van der Waals surface area contributed by atoms with Gasteiger partial charge in [0.1, 0.15) is 0 Å². The van der Waals surface area contributed by atoms with Gasteiger partial charge in [-0.15, -0.1) is 0 Å². The van der Waals surface area contributed by atoms with Crippen LogP contribution in [0, 0.1) is 0 Å². The number of rotatable bonds is 2. The number of hydrogen-bond acceptors (Lipinski definition) is 3. The van der Waals surface area contributed by atoms with E-state index in [0.29, 0.717) is 11.1 Å². The summed E-state index contributed by atoms with van der Waals surface area (Å²) in [4.78, 5) is 12.1. The minimum absolute atomic E-state index is 0.0616. The second-order valence-corrected chi connectivity index (χ2v) is 7.70. The zero-order valence-corrected chi connectivity index (χ0v) is 14.7. The van der Waals surface area contributed by atoms with Gasteiger partial charge in [0.15, 0.2) is 0 Å². The van der Waals surface area contributed by atoms with Gasteiger partial charge < -0.3 is 0 Å². The number of carbonyl (C=O) groups excluding carboxylic acids is 1. The Morgan fingerprint density at radius 3 is 2.22 bits per heavy atom. The Hall–Kier alpha value is -1.76. The van der Waals surface area contributed by atoms with Gasteiger partial charge in [-0.05, 0) is 30.3 Å². The Labute approximate surface area is 146 Å². The van der Waals surface area contributed by atoms with E-state index >= 15 is 0 Å². The van der Waals surface area contributed by atoms with Crippen molar-refractivity contribution in [2.24, 2.45) is 4.40 Å². The third kappa shape index (κ3) is 3.15. The fraction of sp³-hybridized carbons (Fsp3) is 0. The molecule has 0 bridgehead atoms. The Bertz CT molecular complexity index is 963. The molecule has 23 heavy (non-hydrogen) atoms. The smallest absolute Gasteiger partial charge is 0.282 e. The van der Waals surface area contributed by atoms with Crippen molar-refractivity contribution < 1.29 is 13.2 Å². The van der Waals surface area contributed by atoms with Crippen LogP contribution in [0.2, 0.25) is 0 Å². The summed E-state index contributed by atoms with van der Waals surface area (Å²) in [5.41, 5.74) is 0.931. The second-order valence-electron chi connectivity index (χ2n) is 4.77. The molecule has 0 aromatic heterocycles. The van der Waals surface area contributed by atoms with Crippen LogP contribution in [-0.4, -0.2) is 19.9 Å². The van der Waals surface area contributed by atoms with E-state index in [1.807, 2.05) is 0 Å². The normalized spacial score (nSPS) is 16.2. The molecule has 0 atom stereocenters. The lowest BCUT2D eigenvalue weighted by molar-refractivity contribution is 0.104. The van der Waals surface area contributed by atoms with Crippen molar-refractivity contribution in [2.75, 3.05) is 0 Å². The Morgan fingerprint density at radius 2 is 1.57 bits per heavy atom. The number of fused-ring (bicyclic) bond motifs is 1. The lowest BCUT2D eigenvalue weighted by atomic mass is 9.94. The third-order valence-electron chi connectivity index (χ3n) is 3.26. The molecule has 0 aliphatic heterocycles. The van der Waals surface area contributed by atoms with Gasteiger partial charge >= 0.3 is 0 Å². The molecule has 0 saturated carbocycles. The maximum absolute atomic E-state index is 12.4. The van der Waals surface area contributed by atoms with Crippen LogP contribution in [0.3, 0.4) is 0 Å². The Balaban J connectivity index is 2.15. The number of ketones is 1. The largest absolute Gasteiger partial charge is 0.288 e. The molecule has 4 nitrogen and oxygen atoms in total. The van der Waals surface area contributed by atoms with E-state index in [4.69, 9.17) is 11.6 Å². The van der Waals surface area contributed by atoms with E-state index in [1.54, 1.807) is 36.4 Å². The maximum atomic E-state index is 12.4. The molecule has 2 aromatic carbocycles. The first-order valence-electron chi connectivity index (χ1n) is 6.50. The van der Waals surface area contributed by atoms with Crippen LogP contribution < -0.4 is 0 Å². The second kappa shape index (κ2) is 6.03. The number of carbonyl (C=O) groups is 1. The minimum atomic E-state index is -3.91. The molecular formula is C16H9BrClNO3S. The fourth-order valence-electron chi connectivity index (χ4n) is 2.16. The van der Waals surface area contributed by atoms with Crippen LogP contribution in [0.1, 0.15) is 15.9 Å². The van der Waals surface area contributed by atoms with Gasteiger partial charge in [-0.25, -0.2) is 0 Å². The van der Waals surface area contributed by atoms with Crippen molar-refractivity contribution in [3.63, 3.8) is 0 Å². The molecule has 0 amide bonds. The summed E-state index contributed by atoms with van der Waals surface area (Å²) in [6.07, 6.45) is 1.28. The fourth-order valence-corrected chi connectivity index (χ4v) is 3.63. The summed E-state index contributed by atoms with van der Waals surface area (Å²) in [7, 11) is -3.91. The third-order valence-corrected chi connectivity index (χ3v) is 5.37.